The largest absolute Gasteiger partial charge is 0.497 e. The van der Waals surface area contributed by atoms with E-state index in [0.717, 1.165) is 6.42 Å². The molecule has 1 aliphatic heterocycles. The molecule has 1 aromatic carbocycles. The molecule has 0 amide bonds. The molecular weight excluding hydrogens is 268 g/mol. The van der Waals surface area contributed by atoms with Gasteiger partial charge < -0.3 is 14.2 Å². The Bertz CT molecular complexity index is 488. The van der Waals surface area contributed by atoms with Gasteiger partial charge in [-0.15, -0.1) is 0 Å². The maximum Gasteiger partial charge on any atom is 0.178 e. The fourth-order valence-corrected chi connectivity index (χ4v) is 3.14. The number of benzene rings is 1. The summed E-state index contributed by atoms with van der Waals surface area (Å²) in [6, 6.07) is 6.38. The third-order valence-corrected chi connectivity index (χ3v) is 4.70. The summed E-state index contributed by atoms with van der Waals surface area (Å²) in [6.45, 7) is 1.26. The van der Waals surface area contributed by atoms with Crippen molar-refractivity contribution in [3.8, 4) is 5.75 Å². The van der Waals surface area contributed by atoms with Crippen LogP contribution in [0.3, 0.4) is 0 Å². The summed E-state index contributed by atoms with van der Waals surface area (Å²) in [5.74, 6) is 0.655. The monoisotopic (exact) mass is 286 g/mol. The molecule has 1 aliphatic rings. The van der Waals surface area contributed by atoms with Gasteiger partial charge >= 0.3 is 0 Å². The minimum Gasteiger partial charge on any atom is -0.497 e. The summed E-state index contributed by atoms with van der Waals surface area (Å²) in [4.78, 5) is 0.295. The number of hydrogen-bond acceptors (Lipinski definition) is 5. The molecule has 0 bridgehead atoms. The Kier molecular flexibility index (Phi) is 4.79. The van der Waals surface area contributed by atoms with Crippen LogP contribution in [-0.4, -0.2) is 40.8 Å². The lowest BCUT2D eigenvalue weighted by atomic mass is 10.3. The lowest BCUT2D eigenvalue weighted by Crippen LogP contribution is -2.27. The van der Waals surface area contributed by atoms with Gasteiger partial charge in [0.05, 0.1) is 31.0 Å². The molecule has 0 unspecified atom stereocenters. The highest BCUT2D eigenvalue weighted by atomic mass is 32.2. The van der Waals surface area contributed by atoms with Gasteiger partial charge in [0, 0.05) is 6.42 Å². The smallest absolute Gasteiger partial charge is 0.178 e. The summed E-state index contributed by atoms with van der Waals surface area (Å²) < 4.78 is 39.9. The van der Waals surface area contributed by atoms with E-state index >= 15 is 0 Å². The zero-order valence-corrected chi connectivity index (χ0v) is 11.7. The fourth-order valence-electron chi connectivity index (χ4n) is 1.86. The third kappa shape index (κ3) is 3.92. The van der Waals surface area contributed by atoms with Crippen molar-refractivity contribution in [1.82, 2.24) is 0 Å². The molecule has 0 aromatic heterocycles. The molecule has 0 spiro atoms. The molecule has 19 heavy (non-hydrogen) atoms. The van der Waals surface area contributed by atoms with Crippen LogP contribution in [0.15, 0.2) is 29.2 Å². The van der Waals surface area contributed by atoms with E-state index in [4.69, 9.17) is 14.2 Å². The molecular formula is C13H18O5S. The minimum absolute atomic E-state index is 0.0179. The summed E-state index contributed by atoms with van der Waals surface area (Å²) in [7, 11) is -1.76. The van der Waals surface area contributed by atoms with Crippen molar-refractivity contribution >= 4 is 9.84 Å². The van der Waals surface area contributed by atoms with Gasteiger partial charge in [-0.05, 0) is 30.7 Å². The van der Waals surface area contributed by atoms with Crippen LogP contribution in [0, 0.1) is 0 Å². The molecule has 106 valence electrons. The Morgan fingerprint density at radius 2 is 1.84 bits per heavy atom. The number of methoxy groups -OCH3 is 1. The predicted molar refractivity (Wildman–Crippen MR) is 70.0 cm³/mol. The molecule has 1 fully saturated rings. The van der Waals surface area contributed by atoms with Crippen LogP contribution in [0.25, 0.3) is 0 Å². The first-order chi connectivity index (χ1) is 9.12. The average Bonchev–Trinajstić information content (AvgIpc) is 2.46. The maximum atomic E-state index is 12.1. The maximum absolute atomic E-state index is 12.1. The molecule has 6 heteroatoms. The van der Waals surface area contributed by atoms with E-state index in [0.29, 0.717) is 30.3 Å². The van der Waals surface area contributed by atoms with Crippen LogP contribution in [0.4, 0.5) is 0 Å². The summed E-state index contributed by atoms with van der Waals surface area (Å²) in [5, 5.41) is 0. The number of rotatable bonds is 5. The highest BCUT2D eigenvalue weighted by Gasteiger charge is 2.20. The van der Waals surface area contributed by atoms with Crippen LogP contribution < -0.4 is 4.74 Å². The predicted octanol–water partition coefficient (Wildman–Crippen LogP) is 1.62. The van der Waals surface area contributed by atoms with Crippen molar-refractivity contribution in [3.63, 3.8) is 0 Å². The van der Waals surface area contributed by atoms with Crippen molar-refractivity contribution < 1.29 is 22.6 Å². The van der Waals surface area contributed by atoms with E-state index in [-0.39, 0.29) is 5.75 Å². The highest BCUT2D eigenvalue weighted by molar-refractivity contribution is 7.91. The van der Waals surface area contributed by atoms with Gasteiger partial charge in [0.15, 0.2) is 16.1 Å². The first-order valence-corrected chi connectivity index (χ1v) is 7.87. The van der Waals surface area contributed by atoms with Crippen LogP contribution in [0.5, 0.6) is 5.75 Å². The lowest BCUT2D eigenvalue weighted by molar-refractivity contribution is -0.178. The van der Waals surface area contributed by atoms with Gasteiger partial charge in [-0.1, -0.05) is 0 Å². The molecule has 5 nitrogen and oxygen atoms in total. The van der Waals surface area contributed by atoms with Crippen LogP contribution in [0.2, 0.25) is 0 Å². The Morgan fingerprint density at radius 1 is 1.21 bits per heavy atom. The van der Waals surface area contributed by atoms with Gasteiger partial charge in [0.1, 0.15) is 5.75 Å². The second-order valence-corrected chi connectivity index (χ2v) is 6.42. The van der Waals surface area contributed by atoms with E-state index < -0.39 is 16.1 Å². The SMILES string of the molecule is COc1ccc(S(=O)(=O)CCC2OCCCO2)cc1. The highest BCUT2D eigenvalue weighted by Crippen LogP contribution is 2.18. The Morgan fingerprint density at radius 3 is 2.42 bits per heavy atom. The molecule has 0 radical (unpaired) electrons. The Balaban J connectivity index is 1.96. The molecule has 0 aliphatic carbocycles. The minimum atomic E-state index is -3.30. The zero-order valence-electron chi connectivity index (χ0n) is 10.9. The first kappa shape index (κ1) is 14.3. The standard InChI is InChI=1S/C13H18O5S/c1-16-11-3-5-12(6-4-11)19(14,15)10-7-13-17-8-2-9-18-13/h3-6,13H,2,7-10H2,1H3. The van der Waals surface area contributed by atoms with E-state index in [1.54, 1.807) is 31.4 Å². The van der Waals surface area contributed by atoms with E-state index in [1.807, 2.05) is 0 Å². The Hall–Kier alpha value is -1.11. The Labute approximate surface area is 113 Å². The second kappa shape index (κ2) is 6.36. The molecule has 1 aromatic rings. The van der Waals surface area contributed by atoms with Crippen molar-refractivity contribution in [2.75, 3.05) is 26.1 Å². The molecule has 1 heterocycles. The van der Waals surface area contributed by atoms with Crippen molar-refractivity contribution in [2.45, 2.75) is 24.0 Å². The second-order valence-electron chi connectivity index (χ2n) is 4.31. The molecule has 0 saturated carbocycles. The summed E-state index contributed by atoms with van der Waals surface area (Å²) in [5.41, 5.74) is 0. The van der Waals surface area contributed by atoms with E-state index in [9.17, 15) is 8.42 Å². The van der Waals surface area contributed by atoms with Gasteiger partial charge in [-0.2, -0.15) is 0 Å². The van der Waals surface area contributed by atoms with E-state index in [1.165, 1.54) is 0 Å². The average molecular weight is 286 g/mol. The molecule has 0 atom stereocenters. The summed E-state index contributed by atoms with van der Waals surface area (Å²) in [6.07, 6.45) is 0.817. The molecule has 0 N–H and O–H groups in total. The quantitative estimate of drug-likeness (QED) is 0.823. The van der Waals surface area contributed by atoms with Crippen molar-refractivity contribution in [3.05, 3.63) is 24.3 Å². The van der Waals surface area contributed by atoms with E-state index in [2.05, 4.69) is 0 Å². The zero-order chi connectivity index (χ0) is 13.7. The normalized spacial score (nSPS) is 17.3. The third-order valence-electron chi connectivity index (χ3n) is 2.94. The number of sulfone groups is 1. The lowest BCUT2D eigenvalue weighted by Gasteiger charge is -2.22. The van der Waals surface area contributed by atoms with Crippen molar-refractivity contribution in [2.24, 2.45) is 0 Å². The number of hydrogen-bond donors (Lipinski definition) is 0. The van der Waals surface area contributed by atoms with Gasteiger partial charge in [0.2, 0.25) is 0 Å². The topological polar surface area (TPSA) is 61.8 Å². The molecule has 2 rings (SSSR count). The first-order valence-electron chi connectivity index (χ1n) is 6.22. The van der Waals surface area contributed by atoms with Gasteiger partial charge in [-0.25, -0.2) is 8.42 Å². The van der Waals surface area contributed by atoms with Crippen LogP contribution in [0.1, 0.15) is 12.8 Å². The fraction of sp³-hybridized carbons (Fsp3) is 0.538. The molecule has 1 saturated heterocycles. The van der Waals surface area contributed by atoms with Crippen LogP contribution >= 0.6 is 0 Å². The van der Waals surface area contributed by atoms with Gasteiger partial charge in [-0.3, -0.25) is 0 Å². The summed E-state index contributed by atoms with van der Waals surface area (Å²) >= 11 is 0. The van der Waals surface area contributed by atoms with Crippen molar-refractivity contribution in [1.29, 1.82) is 0 Å². The number of ether oxygens (including phenoxy) is 3. The van der Waals surface area contributed by atoms with Crippen LogP contribution in [-0.2, 0) is 19.3 Å². The van der Waals surface area contributed by atoms with Gasteiger partial charge in [0.25, 0.3) is 0 Å².